The van der Waals surface area contributed by atoms with E-state index in [9.17, 15) is 27.6 Å². The minimum Gasteiger partial charge on any atom is -0.480 e. The summed E-state index contributed by atoms with van der Waals surface area (Å²) in [6.45, 7) is -0.0948. The highest BCUT2D eigenvalue weighted by molar-refractivity contribution is 9.10. The van der Waals surface area contributed by atoms with E-state index in [0.29, 0.717) is 21.5 Å². The van der Waals surface area contributed by atoms with E-state index >= 15 is 0 Å². The predicted octanol–water partition coefficient (Wildman–Crippen LogP) is 4.80. The molecule has 0 bridgehead atoms. The first-order valence-corrected chi connectivity index (χ1v) is 9.84. The Hall–Kier alpha value is -3.29. The second kappa shape index (κ2) is 9.06. The number of nitrogens with one attached hydrogen (secondary N) is 1. The molecule has 1 saturated heterocycles. The van der Waals surface area contributed by atoms with Crippen molar-refractivity contribution in [3.63, 3.8) is 0 Å². The first kappa shape index (κ1) is 23.4. The van der Waals surface area contributed by atoms with E-state index in [0.717, 1.165) is 12.1 Å². The van der Waals surface area contributed by atoms with Crippen molar-refractivity contribution in [3.05, 3.63) is 62.6 Å². The highest BCUT2D eigenvalue weighted by atomic mass is 79.9. The molecule has 2 aromatic rings. The van der Waals surface area contributed by atoms with Crippen LogP contribution in [-0.4, -0.2) is 24.5 Å². The van der Waals surface area contributed by atoms with E-state index in [1.807, 2.05) is 5.32 Å². The molecule has 3 rings (SSSR count). The zero-order valence-corrected chi connectivity index (χ0v) is 18.1. The topological polar surface area (TPSA) is 75.7 Å². The molecular weight excluding hydrogens is 517 g/mol. The van der Waals surface area contributed by atoms with Crippen molar-refractivity contribution in [2.75, 3.05) is 11.5 Å². The van der Waals surface area contributed by atoms with Crippen LogP contribution in [0.4, 0.5) is 23.7 Å². The highest BCUT2D eigenvalue weighted by Gasteiger charge is 2.39. The third-order valence-electron chi connectivity index (χ3n) is 4.20. The number of alkyl halides is 3. The summed E-state index contributed by atoms with van der Waals surface area (Å²) in [5, 5.41) is 1.63. The van der Waals surface area contributed by atoms with Crippen LogP contribution in [0.25, 0.3) is 6.08 Å². The summed E-state index contributed by atoms with van der Waals surface area (Å²) in [6.07, 6.45) is 1.57. The van der Waals surface area contributed by atoms with Gasteiger partial charge in [-0.1, -0.05) is 33.5 Å². The van der Waals surface area contributed by atoms with Gasteiger partial charge in [-0.05, 0) is 42.5 Å². The lowest BCUT2D eigenvalue weighted by atomic mass is 10.1. The number of terminal acetylenes is 1. The number of amides is 4. The minimum atomic E-state index is -4.75. The third-order valence-corrected chi connectivity index (χ3v) is 5.01. The lowest BCUT2D eigenvalue weighted by molar-refractivity contribution is -0.137. The van der Waals surface area contributed by atoms with Crippen LogP contribution in [0.1, 0.15) is 11.1 Å². The normalized spacial score (nSPS) is 15.6. The Labute approximate surface area is 193 Å². The third kappa shape index (κ3) is 4.79. The summed E-state index contributed by atoms with van der Waals surface area (Å²) in [5.41, 5.74) is -1.92. The standard InChI is InChI=1S/C21H11BrClF3N2O4/c1-2-7-32-17-6-4-13(22)8-11(17)9-14-18(29)27-20(31)28(19(14)30)16-10-12(21(24,25)26)3-5-15(16)23/h1,3-6,8-10H,7H2,(H,27,29,31)/b14-9-. The first-order valence-electron chi connectivity index (χ1n) is 8.67. The molecule has 1 fully saturated rings. The monoisotopic (exact) mass is 526 g/mol. The van der Waals surface area contributed by atoms with Gasteiger partial charge >= 0.3 is 12.2 Å². The average molecular weight is 528 g/mol. The maximum atomic E-state index is 13.1. The number of benzene rings is 2. The molecule has 0 unspecified atom stereocenters. The van der Waals surface area contributed by atoms with Gasteiger partial charge in [-0.2, -0.15) is 13.2 Å². The number of barbiturate groups is 1. The summed E-state index contributed by atoms with van der Waals surface area (Å²) < 4.78 is 45.3. The second-order valence-electron chi connectivity index (χ2n) is 6.30. The Morgan fingerprint density at radius 1 is 1.19 bits per heavy atom. The molecule has 1 N–H and O–H groups in total. The number of halogens is 5. The van der Waals surface area contributed by atoms with Crippen LogP contribution in [0.15, 0.2) is 46.4 Å². The molecule has 1 aliphatic rings. The fourth-order valence-corrected chi connectivity index (χ4v) is 3.36. The van der Waals surface area contributed by atoms with Gasteiger partial charge in [-0.3, -0.25) is 14.9 Å². The van der Waals surface area contributed by atoms with Gasteiger partial charge in [0.25, 0.3) is 11.8 Å². The van der Waals surface area contributed by atoms with Gasteiger partial charge < -0.3 is 4.74 Å². The molecule has 6 nitrogen and oxygen atoms in total. The Kier molecular flexibility index (Phi) is 6.62. The predicted molar refractivity (Wildman–Crippen MR) is 114 cm³/mol. The van der Waals surface area contributed by atoms with Crippen molar-refractivity contribution in [2.45, 2.75) is 6.18 Å². The molecule has 0 aliphatic carbocycles. The summed E-state index contributed by atoms with van der Waals surface area (Å²) in [4.78, 5) is 38.1. The molecule has 0 atom stereocenters. The number of ether oxygens (including phenoxy) is 1. The van der Waals surface area contributed by atoms with Crippen LogP contribution in [0.2, 0.25) is 5.02 Å². The number of carbonyl (C=O) groups excluding carboxylic acids is 3. The molecule has 1 heterocycles. The Bertz CT molecular complexity index is 1200. The van der Waals surface area contributed by atoms with Crippen LogP contribution >= 0.6 is 27.5 Å². The quantitative estimate of drug-likeness (QED) is 0.352. The Balaban J connectivity index is 2.10. The van der Waals surface area contributed by atoms with Crippen molar-refractivity contribution in [3.8, 4) is 18.1 Å². The molecule has 11 heteroatoms. The van der Waals surface area contributed by atoms with Crippen LogP contribution in [0, 0.1) is 12.3 Å². The van der Waals surface area contributed by atoms with Crippen LogP contribution in [0.3, 0.4) is 0 Å². The molecular formula is C21H11BrClF3N2O4. The van der Waals surface area contributed by atoms with Crippen LogP contribution in [0.5, 0.6) is 5.75 Å². The highest BCUT2D eigenvalue weighted by Crippen LogP contribution is 2.37. The molecule has 164 valence electrons. The summed E-state index contributed by atoms with van der Waals surface area (Å²) in [5.74, 6) is 0.309. The number of hydrogen-bond donors (Lipinski definition) is 1. The van der Waals surface area contributed by atoms with Gasteiger partial charge in [0.15, 0.2) is 0 Å². The number of rotatable bonds is 4. The number of hydrogen-bond acceptors (Lipinski definition) is 4. The van der Waals surface area contributed by atoms with Crippen molar-refractivity contribution in [1.29, 1.82) is 0 Å². The fraction of sp³-hybridized carbons (Fsp3) is 0.0952. The summed E-state index contributed by atoms with van der Waals surface area (Å²) in [6, 6.07) is 5.61. The molecule has 1 aliphatic heterocycles. The molecule has 4 amide bonds. The van der Waals surface area contributed by atoms with Gasteiger partial charge in [-0.15, -0.1) is 6.42 Å². The van der Waals surface area contributed by atoms with Crippen molar-refractivity contribution < 1.29 is 32.3 Å². The largest absolute Gasteiger partial charge is 0.480 e. The summed E-state index contributed by atoms with van der Waals surface area (Å²) in [7, 11) is 0. The first-order chi connectivity index (χ1) is 15.0. The van der Waals surface area contributed by atoms with Gasteiger partial charge in [0.1, 0.15) is 17.9 Å². The fourth-order valence-electron chi connectivity index (χ4n) is 2.78. The van der Waals surface area contributed by atoms with Crippen molar-refractivity contribution in [2.24, 2.45) is 0 Å². The van der Waals surface area contributed by atoms with Gasteiger partial charge in [0, 0.05) is 10.0 Å². The maximum absolute atomic E-state index is 13.1. The number of nitrogens with zero attached hydrogens (tertiary/aromatic N) is 1. The minimum absolute atomic E-state index is 0.0948. The zero-order chi connectivity index (χ0) is 23.6. The van der Waals surface area contributed by atoms with Gasteiger partial charge in [0.05, 0.1) is 16.3 Å². The van der Waals surface area contributed by atoms with E-state index in [1.165, 1.54) is 12.1 Å². The molecule has 0 radical (unpaired) electrons. The SMILES string of the molecule is C#CCOc1ccc(Br)cc1/C=C1/C(=O)NC(=O)N(c2cc(C(F)(F)F)ccc2Cl)C1=O. The maximum Gasteiger partial charge on any atom is 0.416 e. The Morgan fingerprint density at radius 3 is 2.56 bits per heavy atom. The molecule has 0 aromatic heterocycles. The molecule has 0 spiro atoms. The smallest absolute Gasteiger partial charge is 0.416 e. The number of imide groups is 2. The van der Waals surface area contributed by atoms with Crippen LogP contribution in [-0.2, 0) is 15.8 Å². The zero-order valence-electron chi connectivity index (χ0n) is 15.8. The lowest BCUT2D eigenvalue weighted by Crippen LogP contribution is -2.54. The van der Waals surface area contributed by atoms with Gasteiger partial charge in [0.2, 0.25) is 0 Å². The van der Waals surface area contributed by atoms with E-state index in [2.05, 4.69) is 21.9 Å². The molecule has 2 aromatic carbocycles. The average Bonchev–Trinajstić information content (AvgIpc) is 2.70. The van der Waals surface area contributed by atoms with Gasteiger partial charge in [-0.25, -0.2) is 9.69 Å². The molecule has 32 heavy (non-hydrogen) atoms. The number of anilines is 1. The van der Waals surface area contributed by atoms with E-state index < -0.39 is 40.8 Å². The Morgan fingerprint density at radius 2 is 1.91 bits per heavy atom. The number of urea groups is 1. The second-order valence-corrected chi connectivity index (χ2v) is 7.62. The van der Waals surface area contributed by atoms with Crippen molar-refractivity contribution in [1.82, 2.24) is 5.32 Å². The summed E-state index contributed by atoms with van der Waals surface area (Å²) >= 11 is 9.22. The number of carbonyl (C=O) groups is 3. The molecule has 0 saturated carbocycles. The van der Waals surface area contributed by atoms with E-state index in [-0.39, 0.29) is 22.9 Å². The lowest BCUT2D eigenvalue weighted by Gasteiger charge is -2.27. The van der Waals surface area contributed by atoms with E-state index in [4.69, 9.17) is 22.8 Å². The van der Waals surface area contributed by atoms with Crippen molar-refractivity contribution >= 4 is 57.1 Å². The van der Waals surface area contributed by atoms with E-state index in [1.54, 1.807) is 6.07 Å². The van der Waals surface area contributed by atoms with Crippen LogP contribution < -0.4 is 15.0 Å².